The van der Waals surface area contributed by atoms with Crippen LogP contribution in [0.2, 0.25) is 0 Å². The minimum Gasteiger partial charge on any atom is -0.291 e. The van der Waals surface area contributed by atoms with E-state index < -0.39 is 4.92 Å². The lowest BCUT2D eigenvalue weighted by molar-refractivity contribution is -0.385. The number of hydrogen-bond acceptors (Lipinski definition) is 6. The van der Waals surface area contributed by atoms with Crippen molar-refractivity contribution in [2.75, 3.05) is 5.43 Å². The van der Waals surface area contributed by atoms with Crippen molar-refractivity contribution in [1.82, 2.24) is 9.97 Å². The van der Waals surface area contributed by atoms with E-state index in [1.165, 1.54) is 18.3 Å². The molecular weight excluding hydrogens is 286 g/mol. The quantitative estimate of drug-likeness (QED) is 0.499. The van der Waals surface area contributed by atoms with Crippen LogP contribution in [0.4, 0.5) is 11.6 Å². The van der Waals surface area contributed by atoms with Crippen LogP contribution < -0.4 is 11.0 Å². The Morgan fingerprint density at radius 1 is 1.41 bits per heavy atom. The number of aromatic nitrogens is 2. The van der Waals surface area contributed by atoms with Crippen molar-refractivity contribution >= 4 is 17.9 Å². The molecule has 0 saturated heterocycles. The highest BCUT2D eigenvalue weighted by molar-refractivity contribution is 5.85. The summed E-state index contributed by atoms with van der Waals surface area (Å²) in [6.45, 7) is 3.84. The molecule has 0 saturated carbocycles. The van der Waals surface area contributed by atoms with Crippen LogP contribution in [0, 0.1) is 10.1 Å². The Labute approximate surface area is 126 Å². The molecule has 1 heterocycles. The molecule has 0 aliphatic rings. The second-order valence-corrected chi connectivity index (χ2v) is 4.86. The van der Waals surface area contributed by atoms with E-state index in [1.54, 1.807) is 18.2 Å². The van der Waals surface area contributed by atoms with Gasteiger partial charge >= 0.3 is 0 Å². The first kappa shape index (κ1) is 15.4. The fourth-order valence-corrected chi connectivity index (χ4v) is 1.75. The van der Waals surface area contributed by atoms with E-state index in [9.17, 15) is 14.9 Å². The van der Waals surface area contributed by atoms with Crippen LogP contribution in [-0.2, 0) is 0 Å². The molecule has 0 amide bonds. The topological polar surface area (TPSA) is 113 Å². The Bertz CT molecular complexity index is 767. The molecule has 2 rings (SSSR count). The highest BCUT2D eigenvalue weighted by Gasteiger charge is 2.10. The molecule has 2 aromatic rings. The molecule has 0 spiro atoms. The molecule has 1 aromatic heterocycles. The third-order valence-electron chi connectivity index (χ3n) is 2.86. The molecule has 0 aliphatic carbocycles. The number of hydrogen-bond donors (Lipinski definition) is 2. The normalized spacial score (nSPS) is 11.0. The fourth-order valence-electron chi connectivity index (χ4n) is 1.75. The van der Waals surface area contributed by atoms with Gasteiger partial charge in [-0.05, 0) is 12.0 Å². The maximum Gasteiger partial charge on any atom is 0.278 e. The Hall–Kier alpha value is -3.03. The van der Waals surface area contributed by atoms with E-state index in [-0.39, 0.29) is 23.1 Å². The molecule has 114 valence electrons. The van der Waals surface area contributed by atoms with Gasteiger partial charge in [-0.25, -0.2) is 10.4 Å². The highest BCUT2D eigenvalue weighted by atomic mass is 16.6. The van der Waals surface area contributed by atoms with Crippen molar-refractivity contribution in [3.8, 4) is 0 Å². The Kier molecular flexibility index (Phi) is 4.62. The monoisotopic (exact) mass is 301 g/mol. The molecule has 0 radical (unpaired) electrons. The van der Waals surface area contributed by atoms with Crippen LogP contribution in [0.3, 0.4) is 0 Å². The third kappa shape index (κ3) is 3.75. The minimum absolute atomic E-state index is 0.0505. The van der Waals surface area contributed by atoms with E-state index in [2.05, 4.69) is 20.5 Å². The predicted molar refractivity (Wildman–Crippen MR) is 83.3 cm³/mol. The molecule has 8 heteroatoms. The van der Waals surface area contributed by atoms with Crippen LogP contribution in [-0.4, -0.2) is 21.1 Å². The molecule has 0 aliphatic heterocycles. The van der Waals surface area contributed by atoms with E-state index in [0.717, 1.165) is 0 Å². The zero-order valence-electron chi connectivity index (χ0n) is 12.1. The lowest BCUT2D eigenvalue weighted by atomic mass is 10.1. The molecule has 2 N–H and O–H groups in total. The lowest BCUT2D eigenvalue weighted by Gasteiger charge is -2.05. The summed E-state index contributed by atoms with van der Waals surface area (Å²) in [6.07, 6.45) is 1.31. The summed E-state index contributed by atoms with van der Waals surface area (Å²) in [5.41, 5.74) is 3.22. The number of nitro groups is 1. The minimum atomic E-state index is -0.485. The maximum absolute atomic E-state index is 11.5. The third-order valence-corrected chi connectivity index (χ3v) is 2.86. The number of para-hydroxylation sites is 1. The SMILES string of the molecule is CC(C)c1cc(=O)[nH]c(N/N=C\c2ccccc2[N+](=O)[O-])n1. The zero-order valence-corrected chi connectivity index (χ0v) is 12.1. The van der Waals surface area contributed by atoms with Crippen molar-refractivity contribution in [2.45, 2.75) is 19.8 Å². The van der Waals surface area contributed by atoms with Crippen LogP contribution >= 0.6 is 0 Å². The van der Waals surface area contributed by atoms with Gasteiger partial charge in [0.05, 0.1) is 22.4 Å². The number of H-pyrrole nitrogens is 1. The maximum atomic E-state index is 11.5. The number of anilines is 1. The smallest absolute Gasteiger partial charge is 0.278 e. The first-order valence-corrected chi connectivity index (χ1v) is 6.61. The number of nitro benzene ring substituents is 1. The number of rotatable bonds is 5. The van der Waals surface area contributed by atoms with Crippen molar-refractivity contribution in [2.24, 2.45) is 5.10 Å². The van der Waals surface area contributed by atoms with E-state index in [0.29, 0.717) is 11.3 Å². The first-order valence-electron chi connectivity index (χ1n) is 6.61. The van der Waals surface area contributed by atoms with Gasteiger partial charge in [0.2, 0.25) is 5.95 Å². The van der Waals surface area contributed by atoms with Crippen molar-refractivity contribution < 1.29 is 4.92 Å². The van der Waals surface area contributed by atoms with Crippen molar-refractivity contribution in [3.05, 3.63) is 62.1 Å². The van der Waals surface area contributed by atoms with Crippen LogP contribution in [0.5, 0.6) is 0 Å². The largest absolute Gasteiger partial charge is 0.291 e. The highest BCUT2D eigenvalue weighted by Crippen LogP contribution is 2.15. The number of hydrazone groups is 1. The summed E-state index contributed by atoms with van der Waals surface area (Å²) in [6, 6.07) is 7.63. The van der Waals surface area contributed by atoms with Crippen LogP contribution in [0.15, 0.2) is 40.2 Å². The Balaban J connectivity index is 2.20. The van der Waals surface area contributed by atoms with Crippen molar-refractivity contribution in [1.29, 1.82) is 0 Å². The summed E-state index contributed by atoms with van der Waals surface area (Å²) in [7, 11) is 0. The summed E-state index contributed by atoms with van der Waals surface area (Å²) in [4.78, 5) is 28.6. The molecule has 22 heavy (non-hydrogen) atoms. The second kappa shape index (κ2) is 6.61. The molecule has 8 nitrogen and oxygen atoms in total. The lowest BCUT2D eigenvalue weighted by Crippen LogP contribution is -2.12. The average Bonchev–Trinajstić information content (AvgIpc) is 2.47. The zero-order chi connectivity index (χ0) is 16.1. The van der Waals surface area contributed by atoms with E-state index >= 15 is 0 Å². The molecule has 0 atom stereocenters. The van der Waals surface area contributed by atoms with Crippen molar-refractivity contribution in [3.63, 3.8) is 0 Å². The van der Waals surface area contributed by atoms with Gasteiger partial charge in [0.15, 0.2) is 0 Å². The molecule has 0 unspecified atom stereocenters. The summed E-state index contributed by atoms with van der Waals surface area (Å²) in [5, 5.41) is 14.8. The number of nitrogens with one attached hydrogen (secondary N) is 2. The summed E-state index contributed by atoms with van der Waals surface area (Å²) < 4.78 is 0. The van der Waals surface area contributed by atoms with Crippen LogP contribution in [0.1, 0.15) is 31.0 Å². The van der Waals surface area contributed by atoms with Gasteiger partial charge in [0.1, 0.15) is 0 Å². The van der Waals surface area contributed by atoms with Gasteiger partial charge < -0.3 is 0 Å². The van der Waals surface area contributed by atoms with Gasteiger partial charge in [-0.2, -0.15) is 5.10 Å². The Morgan fingerprint density at radius 3 is 2.82 bits per heavy atom. The molecule has 0 bridgehead atoms. The van der Waals surface area contributed by atoms with Crippen LogP contribution in [0.25, 0.3) is 0 Å². The summed E-state index contributed by atoms with van der Waals surface area (Å²) in [5.74, 6) is 0.285. The van der Waals surface area contributed by atoms with E-state index in [4.69, 9.17) is 0 Å². The number of benzene rings is 1. The standard InChI is InChI=1S/C14H15N5O3/c1-9(2)11-7-13(20)17-14(16-11)18-15-8-10-5-3-4-6-12(10)19(21)22/h3-9H,1-2H3,(H2,16,17,18,20)/b15-8-. The number of aromatic amines is 1. The predicted octanol–water partition coefficient (Wildman–Crippen LogP) is 2.25. The fraction of sp³-hybridized carbons (Fsp3) is 0.214. The van der Waals surface area contributed by atoms with Gasteiger partial charge in [0.25, 0.3) is 11.2 Å². The van der Waals surface area contributed by atoms with Gasteiger partial charge in [0, 0.05) is 12.1 Å². The second-order valence-electron chi connectivity index (χ2n) is 4.86. The summed E-state index contributed by atoms with van der Waals surface area (Å²) >= 11 is 0. The Morgan fingerprint density at radius 2 is 2.14 bits per heavy atom. The molecule has 1 aromatic carbocycles. The van der Waals surface area contributed by atoms with E-state index in [1.807, 2.05) is 13.8 Å². The van der Waals surface area contributed by atoms with Gasteiger partial charge in [-0.15, -0.1) is 0 Å². The average molecular weight is 301 g/mol. The van der Waals surface area contributed by atoms with Gasteiger partial charge in [-0.3, -0.25) is 19.9 Å². The molecular formula is C14H15N5O3. The number of nitrogens with zero attached hydrogens (tertiary/aromatic N) is 3. The first-order chi connectivity index (χ1) is 10.5. The molecule has 0 fully saturated rings. The van der Waals surface area contributed by atoms with Gasteiger partial charge in [-0.1, -0.05) is 26.0 Å².